The molecule has 2 aromatic heterocycles. The smallest absolute Gasteiger partial charge is 0.287 e. The van der Waals surface area contributed by atoms with Crippen LogP contribution in [0.15, 0.2) is 87.6 Å². The van der Waals surface area contributed by atoms with Gasteiger partial charge in [0.25, 0.3) is 11.8 Å². The molecule has 0 spiro atoms. The minimum absolute atomic E-state index is 0.0868. The van der Waals surface area contributed by atoms with E-state index in [4.69, 9.17) is 4.42 Å². The van der Waals surface area contributed by atoms with Gasteiger partial charge in [0.15, 0.2) is 11.4 Å². The molecule has 2 amide bonds. The van der Waals surface area contributed by atoms with Crippen molar-refractivity contribution in [3.8, 4) is 5.88 Å². The maximum atomic E-state index is 12.0. The summed E-state index contributed by atoms with van der Waals surface area (Å²) < 4.78 is 6.67. The van der Waals surface area contributed by atoms with Crippen molar-refractivity contribution >= 4 is 28.4 Å². The molecule has 0 unspecified atom stereocenters. The van der Waals surface area contributed by atoms with E-state index in [0.717, 1.165) is 11.1 Å². The third-order valence-corrected chi connectivity index (χ3v) is 4.51. The van der Waals surface area contributed by atoms with Gasteiger partial charge in [0, 0.05) is 5.39 Å². The first-order chi connectivity index (χ1) is 14.6. The molecule has 2 heterocycles. The summed E-state index contributed by atoms with van der Waals surface area (Å²) in [7, 11) is 0. The van der Waals surface area contributed by atoms with Crippen molar-refractivity contribution in [3.05, 3.63) is 84.3 Å². The van der Waals surface area contributed by atoms with Gasteiger partial charge >= 0.3 is 0 Å². The summed E-state index contributed by atoms with van der Waals surface area (Å²) in [5, 5.41) is 21.4. The van der Waals surface area contributed by atoms with Crippen LogP contribution in [0.25, 0.3) is 10.9 Å². The highest BCUT2D eigenvalue weighted by molar-refractivity contribution is 5.96. The molecule has 0 radical (unpaired) electrons. The minimum Gasteiger partial charge on any atom is -0.493 e. The zero-order valence-electron chi connectivity index (χ0n) is 15.9. The molecule has 0 saturated heterocycles. The lowest BCUT2D eigenvalue weighted by Gasteiger charge is -2.06. The van der Waals surface area contributed by atoms with E-state index in [1.54, 1.807) is 16.7 Å². The number of nitrogens with zero attached hydrogens (tertiary/aromatic N) is 3. The fourth-order valence-electron chi connectivity index (χ4n) is 3.09. The van der Waals surface area contributed by atoms with Gasteiger partial charge < -0.3 is 19.4 Å². The SMILES string of the molecule is O=C(CNC(=O)c1ccco1)N=Nc1c(O)n(Cc2ccccc2)c2ccccc12. The monoisotopic (exact) mass is 402 g/mol. The summed E-state index contributed by atoms with van der Waals surface area (Å²) in [6.07, 6.45) is 1.37. The number of carbonyl (C=O) groups is 2. The zero-order chi connectivity index (χ0) is 20.9. The molecule has 0 saturated carbocycles. The summed E-state index contributed by atoms with van der Waals surface area (Å²) in [5.74, 6) is -1.17. The Morgan fingerprint density at radius 1 is 1.00 bits per heavy atom. The Labute approximate surface area is 171 Å². The number of nitrogens with one attached hydrogen (secondary N) is 1. The van der Waals surface area contributed by atoms with Gasteiger partial charge in [-0.05, 0) is 23.8 Å². The number of amides is 2. The lowest BCUT2D eigenvalue weighted by molar-refractivity contribution is -0.117. The van der Waals surface area contributed by atoms with Crippen molar-refractivity contribution in [2.75, 3.05) is 6.54 Å². The van der Waals surface area contributed by atoms with Gasteiger partial charge in [0.05, 0.1) is 18.3 Å². The summed E-state index contributed by atoms with van der Waals surface area (Å²) in [5.41, 5.74) is 1.98. The van der Waals surface area contributed by atoms with Crippen molar-refractivity contribution in [2.24, 2.45) is 10.2 Å². The Morgan fingerprint density at radius 3 is 2.53 bits per heavy atom. The number of azo groups is 1. The van der Waals surface area contributed by atoms with Crippen LogP contribution in [0.2, 0.25) is 0 Å². The number of hydrogen-bond donors (Lipinski definition) is 2. The highest BCUT2D eigenvalue weighted by Crippen LogP contribution is 2.39. The van der Waals surface area contributed by atoms with Gasteiger partial charge in [-0.1, -0.05) is 48.5 Å². The largest absolute Gasteiger partial charge is 0.493 e. The van der Waals surface area contributed by atoms with Crippen molar-refractivity contribution in [2.45, 2.75) is 6.54 Å². The van der Waals surface area contributed by atoms with E-state index in [2.05, 4.69) is 15.5 Å². The predicted octanol–water partition coefficient (Wildman–Crippen LogP) is 4.03. The molecule has 4 aromatic rings. The quantitative estimate of drug-likeness (QED) is 0.475. The van der Waals surface area contributed by atoms with Crippen LogP contribution in [-0.4, -0.2) is 28.0 Å². The molecule has 8 heteroatoms. The highest BCUT2D eigenvalue weighted by Gasteiger charge is 2.17. The summed E-state index contributed by atoms with van der Waals surface area (Å²) >= 11 is 0. The lowest BCUT2D eigenvalue weighted by atomic mass is 10.2. The molecular formula is C22H18N4O4. The summed E-state index contributed by atoms with van der Waals surface area (Å²) in [6, 6.07) is 20.1. The normalized spacial score (nSPS) is 11.2. The number of benzene rings is 2. The maximum Gasteiger partial charge on any atom is 0.287 e. The van der Waals surface area contributed by atoms with Gasteiger partial charge in [-0.3, -0.25) is 9.59 Å². The average molecular weight is 402 g/mol. The molecule has 4 rings (SSSR count). The second-order valence-electron chi connectivity index (χ2n) is 6.51. The van der Waals surface area contributed by atoms with Crippen LogP contribution in [0.5, 0.6) is 5.88 Å². The van der Waals surface area contributed by atoms with E-state index < -0.39 is 11.8 Å². The number of para-hydroxylation sites is 1. The molecule has 0 fully saturated rings. The number of hydrogen-bond acceptors (Lipinski definition) is 5. The Balaban J connectivity index is 1.54. The van der Waals surface area contributed by atoms with Crippen LogP contribution in [-0.2, 0) is 11.3 Å². The fraction of sp³-hybridized carbons (Fsp3) is 0.0909. The van der Waals surface area contributed by atoms with Crippen molar-refractivity contribution in [1.29, 1.82) is 0 Å². The molecule has 0 bridgehead atoms. The number of rotatable bonds is 6. The second-order valence-corrected chi connectivity index (χ2v) is 6.51. The third kappa shape index (κ3) is 3.97. The van der Waals surface area contributed by atoms with E-state index in [9.17, 15) is 14.7 Å². The molecule has 30 heavy (non-hydrogen) atoms. The Bertz CT molecular complexity index is 1210. The van der Waals surface area contributed by atoms with E-state index in [0.29, 0.717) is 11.9 Å². The fourth-order valence-corrected chi connectivity index (χ4v) is 3.09. The summed E-state index contributed by atoms with van der Waals surface area (Å²) in [4.78, 5) is 23.9. The van der Waals surface area contributed by atoms with Crippen LogP contribution >= 0.6 is 0 Å². The van der Waals surface area contributed by atoms with Gasteiger partial charge in [-0.25, -0.2) is 0 Å². The van der Waals surface area contributed by atoms with Crippen LogP contribution in [0.1, 0.15) is 16.1 Å². The standard InChI is InChI=1S/C22H18N4O4/c27-19(13-23-21(28)18-11-6-12-30-18)24-25-20-16-9-4-5-10-17(16)26(22(20)29)14-15-7-2-1-3-8-15/h1-12,29H,13-14H2,(H,23,28). The zero-order valence-corrected chi connectivity index (χ0v) is 15.9. The number of furan rings is 1. The first-order valence-electron chi connectivity index (χ1n) is 9.24. The maximum absolute atomic E-state index is 12.0. The van der Waals surface area contributed by atoms with Crippen molar-refractivity contribution in [1.82, 2.24) is 9.88 Å². The third-order valence-electron chi connectivity index (χ3n) is 4.51. The van der Waals surface area contributed by atoms with Gasteiger partial charge in [-0.15, -0.1) is 10.2 Å². The molecule has 2 N–H and O–H groups in total. The number of aromatic hydroxyl groups is 1. The average Bonchev–Trinajstić information content (AvgIpc) is 3.39. The van der Waals surface area contributed by atoms with Gasteiger partial charge in [0.1, 0.15) is 6.54 Å². The molecule has 150 valence electrons. The van der Waals surface area contributed by atoms with Crippen LogP contribution in [0.4, 0.5) is 5.69 Å². The number of fused-ring (bicyclic) bond motifs is 1. The van der Waals surface area contributed by atoms with E-state index in [-0.39, 0.29) is 23.9 Å². The Morgan fingerprint density at radius 2 is 1.77 bits per heavy atom. The number of aromatic nitrogens is 1. The molecule has 0 aliphatic rings. The van der Waals surface area contributed by atoms with Gasteiger partial charge in [-0.2, -0.15) is 0 Å². The second kappa shape index (κ2) is 8.44. The molecule has 0 aliphatic heterocycles. The highest BCUT2D eigenvalue weighted by atomic mass is 16.3. The van der Waals surface area contributed by atoms with E-state index in [1.165, 1.54) is 12.3 Å². The summed E-state index contributed by atoms with van der Waals surface area (Å²) in [6.45, 7) is 0.0995. The Kier molecular flexibility index (Phi) is 5.38. The van der Waals surface area contributed by atoms with E-state index in [1.807, 2.05) is 48.5 Å². The molecular weight excluding hydrogens is 384 g/mol. The molecule has 0 aliphatic carbocycles. The minimum atomic E-state index is -0.658. The van der Waals surface area contributed by atoms with Crippen LogP contribution < -0.4 is 5.32 Å². The van der Waals surface area contributed by atoms with E-state index >= 15 is 0 Å². The molecule has 8 nitrogen and oxygen atoms in total. The van der Waals surface area contributed by atoms with Crippen LogP contribution in [0, 0.1) is 0 Å². The lowest BCUT2D eigenvalue weighted by Crippen LogP contribution is -2.28. The van der Waals surface area contributed by atoms with Gasteiger partial charge in [0.2, 0.25) is 5.88 Å². The predicted molar refractivity (Wildman–Crippen MR) is 110 cm³/mol. The molecule has 2 aromatic carbocycles. The number of carbonyl (C=O) groups excluding carboxylic acids is 2. The van der Waals surface area contributed by atoms with Crippen LogP contribution in [0.3, 0.4) is 0 Å². The van der Waals surface area contributed by atoms with Crippen molar-refractivity contribution in [3.63, 3.8) is 0 Å². The van der Waals surface area contributed by atoms with Crippen molar-refractivity contribution < 1.29 is 19.1 Å². The first kappa shape index (κ1) is 19.1. The first-order valence-corrected chi connectivity index (χ1v) is 9.24. The molecule has 0 atom stereocenters. The Hall–Kier alpha value is -4.20. The topological polar surface area (TPSA) is 109 Å².